The molecule has 130 valence electrons. The molecule has 0 saturated carbocycles. The van der Waals surface area contributed by atoms with Gasteiger partial charge in [0.2, 0.25) is 0 Å². The van der Waals surface area contributed by atoms with Gasteiger partial charge in [0, 0.05) is 12.6 Å². The molecule has 0 radical (unpaired) electrons. The molecule has 7 nitrogen and oxygen atoms in total. The Hall–Kier alpha value is -2.09. The predicted molar refractivity (Wildman–Crippen MR) is 87.1 cm³/mol. The van der Waals surface area contributed by atoms with Crippen LogP contribution in [0.25, 0.3) is 0 Å². The number of aryl methyl sites for hydroxylation is 1. The van der Waals surface area contributed by atoms with Crippen molar-refractivity contribution >= 4 is 5.82 Å². The van der Waals surface area contributed by atoms with Crippen LogP contribution in [0.5, 0.6) is 0 Å². The minimum atomic E-state index is -1.16. The summed E-state index contributed by atoms with van der Waals surface area (Å²) in [4.78, 5) is 9.83. The van der Waals surface area contributed by atoms with E-state index in [0.717, 1.165) is 6.42 Å². The van der Waals surface area contributed by atoms with E-state index in [9.17, 15) is 9.50 Å². The van der Waals surface area contributed by atoms with Gasteiger partial charge in [-0.15, -0.1) is 5.10 Å². The van der Waals surface area contributed by atoms with Crippen LogP contribution in [0.4, 0.5) is 10.2 Å². The third-order valence-electron chi connectivity index (χ3n) is 4.46. The first kappa shape index (κ1) is 16.8. The molecule has 0 spiro atoms. The summed E-state index contributed by atoms with van der Waals surface area (Å²) >= 11 is 0. The first-order valence-corrected chi connectivity index (χ1v) is 8.33. The van der Waals surface area contributed by atoms with Crippen molar-refractivity contribution in [1.29, 1.82) is 0 Å². The fraction of sp³-hybridized carbons (Fsp3) is 0.625. The van der Waals surface area contributed by atoms with Gasteiger partial charge in [-0.3, -0.25) is 0 Å². The number of β-amino-alcohol motifs (C(OH)–C–C–N with tert-alkyl or cyclic N) is 1. The molecule has 1 unspecified atom stereocenters. The highest BCUT2D eigenvalue weighted by Crippen LogP contribution is 2.33. The van der Waals surface area contributed by atoms with E-state index in [2.05, 4.69) is 20.3 Å². The average molecular weight is 334 g/mol. The quantitative estimate of drug-likeness (QED) is 0.919. The number of anilines is 1. The van der Waals surface area contributed by atoms with E-state index >= 15 is 0 Å². The first-order valence-electron chi connectivity index (χ1n) is 8.33. The van der Waals surface area contributed by atoms with Crippen LogP contribution < -0.4 is 4.90 Å². The lowest BCUT2D eigenvalue weighted by molar-refractivity contribution is 0.0172. The lowest BCUT2D eigenvalue weighted by Crippen LogP contribution is -2.47. The van der Waals surface area contributed by atoms with Crippen LogP contribution in [0, 0.1) is 5.82 Å². The van der Waals surface area contributed by atoms with Gasteiger partial charge in [-0.25, -0.2) is 19.0 Å². The van der Waals surface area contributed by atoms with E-state index in [4.69, 9.17) is 0 Å². The van der Waals surface area contributed by atoms with Gasteiger partial charge in [0.1, 0.15) is 17.6 Å². The maximum atomic E-state index is 14.5. The maximum absolute atomic E-state index is 14.5. The van der Waals surface area contributed by atoms with Gasteiger partial charge in [-0.2, -0.15) is 0 Å². The molecule has 1 atom stereocenters. The van der Waals surface area contributed by atoms with Crippen molar-refractivity contribution in [2.75, 3.05) is 18.0 Å². The zero-order valence-electron chi connectivity index (χ0n) is 14.3. The molecule has 0 aromatic carbocycles. The Labute approximate surface area is 140 Å². The molecule has 1 aliphatic heterocycles. The highest BCUT2D eigenvalue weighted by molar-refractivity contribution is 5.42. The summed E-state index contributed by atoms with van der Waals surface area (Å²) in [6, 6.07) is 0.168. The Morgan fingerprint density at radius 3 is 2.83 bits per heavy atom. The van der Waals surface area contributed by atoms with Crippen LogP contribution >= 0.6 is 0 Å². The van der Waals surface area contributed by atoms with Gasteiger partial charge >= 0.3 is 0 Å². The van der Waals surface area contributed by atoms with Gasteiger partial charge < -0.3 is 10.0 Å². The molecule has 3 rings (SSSR count). The molecule has 2 aromatic rings. The van der Waals surface area contributed by atoms with Crippen molar-refractivity contribution in [3.05, 3.63) is 29.7 Å². The maximum Gasteiger partial charge on any atom is 0.187 e. The van der Waals surface area contributed by atoms with E-state index in [1.165, 1.54) is 6.33 Å². The Balaban J connectivity index is 1.88. The van der Waals surface area contributed by atoms with E-state index < -0.39 is 11.4 Å². The molecule has 1 aliphatic rings. The number of halogens is 1. The van der Waals surface area contributed by atoms with Crippen LogP contribution in [0.2, 0.25) is 0 Å². The van der Waals surface area contributed by atoms with Gasteiger partial charge in [0.25, 0.3) is 0 Å². The number of hydrogen-bond donors (Lipinski definition) is 1. The number of nitrogens with zero attached hydrogens (tertiary/aromatic N) is 6. The number of aliphatic hydroxyl groups is 1. The molecule has 8 heteroatoms. The fourth-order valence-corrected chi connectivity index (χ4v) is 3.03. The third-order valence-corrected chi connectivity index (χ3v) is 4.46. The van der Waals surface area contributed by atoms with Gasteiger partial charge in [0.15, 0.2) is 11.6 Å². The van der Waals surface area contributed by atoms with E-state index in [-0.39, 0.29) is 18.4 Å². The van der Waals surface area contributed by atoms with Crippen LogP contribution in [-0.4, -0.2) is 43.2 Å². The zero-order valence-corrected chi connectivity index (χ0v) is 14.3. The number of rotatable bonds is 4. The van der Waals surface area contributed by atoms with Gasteiger partial charge in [0.05, 0.1) is 18.4 Å². The highest BCUT2D eigenvalue weighted by atomic mass is 19.1. The van der Waals surface area contributed by atoms with Crippen LogP contribution in [0.3, 0.4) is 0 Å². The monoisotopic (exact) mass is 334 g/mol. The van der Waals surface area contributed by atoms with E-state index in [0.29, 0.717) is 30.8 Å². The Morgan fingerprint density at radius 1 is 1.38 bits per heavy atom. The summed E-state index contributed by atoms with van der Waals surface area (Å²) in [5.74, 6) is -0.161. The molecule has 24 heavy (non-hydrogen) atoms. The summed E-state index contributed by atoms with van der Waals surface area (Å²) in [7, 11) is 0. The number of aromatic nitrogens is 5. The normalized spacial score (nSPS) is 21.5. The first-order chi connectivity index (χ1) is 11.4. The predicted octanol–water partition coefficient (Wildman–Crippen LogP) is 1.84. The molecule has 0 bridgehead atoms. The SMILES string of the molecule is CCc1ncnc(N2CCCC(O)(c3cn(C(C)C)nn3)C2)c1F. The summed E-state index contributed by atoms with van der Waals surface area (Å²) in [6.45, 7) is 6.72. The Morgan fingerprint density at radius 2 is 2.17 bits per heavy atom. The number of piperidine rings is 1. The molecule has 1 fully saturated rings. The third kappa shape index (κ3) is 2.98. The lowest BCUT2D eigenvalue weighted by Gasteiger charge is -2.38. The summed E-state index contributed by atoms with van der Waals surface area (Å²) in [5, 5.41) is 19.3. The molecule has 1 N–H and O–H groups in total. The second-order valence-corrected chi connectivity index (χ2v) is 6.55. The van der Waals surface area contributed by atoms with Gasteiger partial charge in [-0.05, 0) is 33.1 Å². The molecular formula is C16H23FN6O. The largest absolute Gasteiger partial charge is 0.382 e. The topological polar surface area (TPSA) is 80.0 Å². The van der Waals surface area contributed by atoms with Crippen LogP contribution in [0.1, 0.15) is 51.0 Å². The minimum Gasteiger partial charge on any atom is -0.382 e. The lowest BCUT2D eigenvalue weighted by atomic mass is 9.90. The van der Waals surface area contributed by atoms with Crippen molar-refractivity contribution in [3.63, 3.8) is 0 Å². The van der Waals surface area contributed by atoms with Crippen molar-refractivity contribution < 1.29 is 9.50 Å². The second kappa shape index (κ2) is 6.43. The molecule has 2 aromatic heterocycles. The van der Waals surface area contributed by atoms with Gasteiger partial charge in [-0.1, -0.05) is 12.1 Å². The zero-order chi connectivity index (χ0) is 17.3. The minimum absolute atomic E-state index is 0.168. The van der Waals surface area contributed by atoms with E-state index in [1.807, 2.05) is 20.8 Å². The van der Waals surface area contributed by atoms with Crippen LogP contribution in [-0.2, 0) is 12.0 Å². The van der Waals surface area contributed by atoms with Crippen LogP contribution in [0.15, 0.2) is 12.5 Å². The summed E-state index contributed by atoms with van der Waals surface area (Å²) in [6.07, 6.45) is 4.92. The number of hydrogen-bond acceptors (Lipinski definition) is 6. The highest BCUT2D eigenvalue weighted by Gasteiger charge is 2.39. The Kier molecular flexibility index (Phi) is 4.49. The summed E-state index contributed by atoms with van der Waals surface area (Å²) in [5.41, 5.74) is -0.249. The Bertz CT molecular complexity index is 718. The molecule has 0 aliphatic carbocycles. The molecule has 1 saturated heterocycles. The van der Waals surface area contributed by atoms with Crippen molar-refractivity contribution in [1.82, 2.24) is 25.0 Å². The fourth-order valence-electron chi connectivity index (χ4n) is 3.03. The van der Waals surface area contributed by atoms with Crippen molar-refractivity contribution in [3.8, 4) is 0 Å². The second-order valence-electron chi connectivity index (χ2n) is 6.55. The molecular weight excluding hydrogens is 311 g/mol. The standard InChI is InChI=1S/C16H23FN6O/c1-4-12-14(17)15(19-10-18-12)22-7-5-6-16(24,9-22)13-8-23(11(2)3)21-20-13/h8,10-11,24H,4-7,9H2,1-3H3. The smallest absolute Gasteiger partial charge is 0.187 e. The molecule has 0 amide bonds. The molecule has 3 heterocycles. The summed E-state index contributed by atoms with van der Waals surface area (Å²) < 4.78 is 16.3. The van der Waals surface area contributed by atoms with Crippen molar-refractivity contribution in [2.24, 2.45) is 0 Å². The van der Waals surface area contributed by atoms with E-state index in [1.54, 1.807) is 15.8 Å². The average Bonchev–Trinajstić information content (AvgIpc) is 3.06. The van der Waals surface area contributed by atoms with Crippen molar-refractivity contribution in [2.45, 2.75) is 51.7 Å².